The fourth-order valence-electron chi connectivity index (χ4n) is 5.74. The van der Waals surface area contributed by atoms with E-state index in [0.717, 1.165) is 11.1 Å². The number of benzene rings is 3. The summed E-state index contributed by atoms with van der Waals surface area (Å²) < 4.78 is 67.0. The Morgan fingerprint density at radius 1 is 0.870 bits per heavy atom. The van der Waals surface area contributed by atoms with Crippen LogP contribution in [0.2, 0.25) is 0 Å². The molecule has 5 rings (SSSR count). The zero-order valence-corrected chi connectivity index (χ0v) is 30.6. The number of nitrogens with zero attached hydrogens (tertiary/aromatic N) is 2. The number of carbonyl (C=O) groups is 2. The first kappa shape index (κ1) is 44.9. The number of nitrogens with one attached hydrogen (secondary N) is 1. The molecule has 0 amide bonds. The zero-order valence-electron chi connectivity index (χ0n) is 29.0. The Morgan fingerprint density at radius 3 is 1.83 bits per heavy atom. The van der Waals surface area contributed by atoms with Crippen LogP contribution in [-0.4, -0.2) is 84.0 Å². The summed E-state index contributed by atoms with van der Waals surface area (Å²) in [5.41, 5.74) is 9.31. The fraction of sp³-hybridized carbons (Fsp3) is 0.273. The van der Waals surface area contributed by atoms with Gasteiger partial charge >= 0.3 is 32.7 Å². The van der Waals surface area contributed by atoms with Crippen molar-refractivity contribution in [3.8, 4) is 0 Å². The van der Waals surface area contributed by atoms with Crippen molar-refractivity contribution in [2.75, 3.05) is 13.1 Å². The minimum atomic E-state index is -5.12. The number of non-ortho nitro benzene ring substituents is 1. The minimum absolute atomic E-state index is 0. The van der Waals surface area contributed by atoms with E-state index in [-0.39, 0.29) is 39.6 Å². The predicted molar refractivity (Wildman–Crippen MR) is 192 cm³/mol. The van der Waals surface area contributed by atoms with E-state index in [1.54, 1.807) is 26.8 Å². The second kappa shape index (κ2) is 18.7. The number of allylic oxidation sites excluding steroid dienone is 1. The van der Waals surface area contributed by atoms with Gasteiger partial charge in [-0.05, 0) is 37.5 Å². The van der Waals surface area contributed by atoms with Crippen LogP contribution in [0.1, 0.15) is 49.4 Å². The zero-order chi connectivity index (χ0) is 38.4. The van der Waals surface area contributed by atoms with E-state index in [0.29, 0.717) is 24.4 Å². The molecule has 2 heterocycles. The largest absolute Gasteiger partial charge is 0.460 e. The quantitative estimate of drug-likeness (QED) is 0.0927. The van der Waals surface area contributed by atoms with Crippen molar-refractivity contribution in [3.05, 3.63) is 134 Å². The topological polar surface area (TPSA) is 318 Å². The lowest BCUT2D eigenvalue weighted by atomic mass is 9.81. The summed E-state index contributed by atoms with van der Waals surface area (Å²) >= 11 is 0. The van der Waals surface area contributed by atoms with Crippen LogP contribution in [0.4, 0.5) is 5.69 Å². The normalized spacial score (nSPS) is 16.2. The first-order valence-electron chi connectivity index (χ1n) is 15.5. The molecule has 0 aliphatic carbocycles. The maximum Gasteiger partial charge on any atom is 0.413 e. The van der Waals surface area contributed by atoms with Crippen LogP contribution in [0.5, 0.6) is 0 Å². The first-order valence-corrected chi connectivity index (χ1v) is 18.2. The van der Waals surface area contributed by atoms with E-state index in [4.69, 9.17) is 24.3 Å². The number of likely N-dealkylation sites (tertiary alicyclic amines) is 1. The molecule has 1 saturated heterocycles. The molecule has 9 N–H and O–H groups in total. The van der Waals surface area contributed by atoms with Gasteiger partial charge in [-0.1, -0.05) is 72.8 Å². The van der Waals surface area contributed by atoms with Gasteiger partial charge in [-0.15, -0.1) is 3.63 Å². The second-order valence-corrected chi connectivity index (χ2v) is 14.1. The van der Waals surface area contributed by atoms with Crippen LogP contribution in [0.3, 0.4) is 0 Å². The van der Waals surface area contributed by atoms with Gasteiger partial charge in [-0.25, -0.2) is 9.59 Å². The molecule has 294 valence electrons. The average Bonchev–Trinajstić information content (AvgIpc) is 3.02. The van der Waals surface area contributed by atoms with Crippen molar-refractivity contribution >= 4 is 38.4 Å². The van der Waals surface area contributed by atoms with Gasteiger partial charge in [-0.2, -0.15) is 16.8 Å². The van der Waals surface area contributed by atoms with Crippen molar-refractivity contribution in [1.82, 2.24) is 10.2 Å². The number of dihydropyridines is 1. The van der Waals surface area contributed by atoms with E-state index in [1.807, 2.05) is 36.4 Å². The van der Waals surface area contributed by atoms with Gasteiger partial charge < -0.3 is 31.5 Å². The number of nitro groups is 1. The molecule has 1 atom stereocenters. The van der Waals surface area contributed by atoms with E-state index in [2.05, 4.69) is 38.1 Å². The third-order valence-electron chi connectivity index (χ3n) is 7.71. The predicted octanol–water partition coefficient (Wildman–Crippen LogP) is 1.65. The van der Waals surface area contributed by atoms with Crippen molar-refractivity contribution in [3.63, 3.8) is 0 Å². The number of ether oxygens (including phenoxy) is 2. The Kier molecular flexibility index (Phi) is 15.5. The summed E-state index contributed by atoms with van der Waals surface area (Å²) in [5, 5.41) is 14.5. The van der Waals surface area contributed by atoms with Gasteiger partial charge in [0.1, 0.15) is 11.9 Å². The van der Waals surface area contributed by atoms with Crippen molar-refractivity contribution in [2.24, 2.45) is 5.73 Å². The van der Waals surface area contributed by atoms with E-state index in [9.17, 15) is 36.5 Å². The first-order chi connectivity index (χ1) is 24.3. The maximum atomic E-state index is 13.8. The highest BCUT2D eigenvalue weighted by atomic mass is 32.3. The molecule has 0 saturated carbocycles. The lowest BCUT2D eigenvalue weighted by Gasteiger charge is -2.44. The number of esters is 2. The van der Waals surface area contributed by atoms with E-state index < -0.39 is 55.8 Å². The van der Waals surface area contributed by atoms with E-state index in [1.165, 1.54) is 18.2 Å². The molecule has 3 aromatic carbocycles. The van der Waals surface area contributed by atoms with Gasteiger partial charge in [0.25, 0.3) is 5.69 Å². The molecule has 2 aliphatic rings. The highest BCUT2D eigenvalue weighted by Crippen LogP contribution is 2.40. The Balaban J connectivity index is 0.000000816. The van der Waals surface area contributed by atoms with Gasteiger partial charge in [0.15, 0.2) is 0 Å². The van der Waals surface area contributed by atoms with Crippen LogP contribution >= 0.6 is 0 Å². The monoisotopic (exact) mass is 796 g/mol. The van der Waals surface area contributed by atoms with Gasteiger partial charge in [0.05, 0.1) is 34.1 Å². The van der Waals surface area contributed by atoms with Crippen LogP contribution < -0.4 is 11.1 Å². The van der Waals surface area contributed by atoms with Gasteiger partial charge in [0.2, 0.25) is 0 Å². The van der Waals surface area contributed by atoms with Crippen LogP contribution in [-0.2, 0) is 43.5 Å². The third-order valence-corrected chi connectivity index (χ3v) is 9.08. The smallest absolute Gasteiger partial charge is 0.413 e. The molecule has 0 aromatic heterocycles. The molecule has 0 bridgehead atoms. The van der Waals surface area contributed by atoms with Gasteiger partial charge in [0, 0.05) is 30.9 Å². The molecular formula is C33H40N4O15S2. The summed E-state index contributed by atoms with van der Waals surface area (Å²) in [6.07, 6.45) is -0.855. The molecule has 19 nitrogen and oxygen atoms in total. The Hall–Kier alpha value is -5.26. The lowest BCUT2D eigenvalue weighted by Crippen LogP contribution is -2.54. The molecule has 54 heavy (non-hydrogen) atoms. The summed E-state index contributed by atoms with van der Waals surface area (Å²) in [4.78, 5) is 40.4. The summed E-state index contributed by atoms with van der Waals surface area (Å²) in [7, 11) is -10.2. The molecule has 0 spiro atoms. The SMILES string of the molecule is CC1=C(C(=O)OC(C)C)[C@@H](c2cccc([N+](=O)[O-])c2)C(C(=O)OC2CN(C(c3ccccc3)c3ccccc3)C2)=C(N)N1.O.O.O=S(=O)(O)OS(=O)(=O)O. The Bertz CT molecular complexity index is 2020. The molecule has 2 aliphatic heterocycles. The van der Waals surface area contributed by atoms with E-state index >= 15 is 0 Å². The number of rotatable bonds is 11. The molecule has 1 fully saturated rings. The van der Waals surface area contributed by atoms with Crippen molar-refractivity contribution in [2.45, 2.75) is 44.9 Å². The second-order valence-electron chi connectivity index (χ2n) is 11.9. The third kappa shape index (κ3) is 11.9. The summed E-state index contributed by atoms with van der Waals surface area (Å²) in [6.45, 7) is 6.05. The highest BCUT2D eigenvalue weighted by molar-refractivity contribution is 7.94. The number of nitro benzene ring substituents is 1. The Labute approximate surface area is 310 Å². The highest BCUT2D eigenvalue weighted by Gasteiger charge is 2.42. The fourth-order valence-corrected chi connectivity index (χ4v) is 6.61. The molecule has 3 aromatic rings. The number of nitrogens with two attached hydrogens (primary N) is 1. The number of hydrogen-bond acceptors (Lipinski definition) is 14. The molecule has 21 heteroatoms. The number of hydrogen-bond donors (Lipinski definition) is 4. The average molecular weight is 797 g/mol. The Morgan fingerprint density at radius 2 is 1.39 bits per heavy atom. The summed E-state index contributed by atoms with van der Waals surface area (Å²) in [6, 6.07) is 26.0. The minimum Gasteiger partial charge on any atom is -0.460 e. The maximum absolute atomic E-state index is 13.8. The summed E-state index contributed by atoms with van der Waals surface area (Å²) in [5.74, 6) is -2.37. The van der Waals surface area contributed by atoms with Crippen LogP contribution in [0.15, 0.2) is 108 Å². The van der Waals surface area contributed by atoms with Crippen LogP contribution in [0, 0.1) is 10.1 Å². The lowest BCUT2D eigenvalue weighted by molar-refractivity contribution is -0.384. The number of carbonyl (C=O) groups excluding carboxylic acids is 2. The van der Waals surface area contributed by atoms with Crippen LogP contribution in [0.25, 0.3) is 0 Å². The molecular weight excluding hydrogens is 757 g/mol. The van der Waals surface area contributed by atoms with Crippen molar-refractivity contribution in [1.29, 1.82) is 0 Å². The molecule has 0 unspecified atom stereocenters. The molecule has 0 radical (unpaired) electrons. The van der Waals surface area contributed by atoms with Crippen molar-refractivity contribution < 1.29 is 64.5 Å². The van der Waals surface area contributed by atoms with Gasteiger partial charge in [-0.3, -0.25) is 24.1 Å². The standard InChI is InChI=1S/C33H34N4O6.H2O7S2.2H2O/c1-20(2)42-32(38)27-21(3)35-31(34)29(28(27)24-15-10-16-25(17-24)37(40)41)33(39)43-26-18-36(19-26)30(22-11-6-4-7-12-22)23-13-8-5-9-14-23;1-8(2,3)7-9(4,5)6;;/h4-17,20,26,28,30,35H,18-19,34H2,1-3H3;(H,1,2,3)(H,4,5,6);2*1H2/t28-;;;/m1.../s1.